The fourth-order valence-corrected chi connectivity index (χ4v) is 5.62. The van der Waals surface area contributed by atoms with Crippen LogP contribution in [-0.2, 0) is 11.3 Å². The molecule has 0 N–H and O–H groups in total. The average molecular weight is 465 g/mol. The van der Waals surface area contributed by atoms with Gasteiger partial charge in [0.1, 0.15) is 11.3 Å². The fraction of sp³-hybridized carbons (Fsp3) is 0.615. The normalized spacial score (nSPS) is 20.2. The summed E-state index contributed by atoms with van der Waals surface area (Å²) in [7, 11) is 1.75. The predicted octanol–water partition coefficient (Wildman–Crippen LogP) is 3.83. The highest BCUT2D eigenvalue weighted by Crippen LogP contribution is 2.29. The van der Waals surface area contributed by atoms with Gasteiger partial charge in [0.05, 0.1) is 18.8 Å². The van der Waals surface area contributed by atoms with Gasteiger partial charge < -0.3 is 9.64 Å². The molecule has 0 radical (unpaired) electrons. The summed E-state index contributed by atoms with van der Waals surface area (Å²) < 4.78 is 9.16. The van der Waals surface area contributed by atoms with Crippen molar-refractivity contribution in [2.75, 3.05) is 33.4 Å². The smallest absolute Gasteiger partial charge is 0.282 e. The maximum absolute atomic E-state index is 13.9. The molecule has 2 aliphatic rings. The molecule has 3 aromatic heterocycles. The summed E-state index contributed by atoms with van der Waals surface area (Å²) in [4.78, 5) is 25.8. The summed E-state index contributed by atoms with van der Waals surface area (Å²) in [6.45, 7) is 6.35. The summed E-state index contributed by atoms with van der Waals surface area (Å²) in [6, 6.07) is 4.30. The maximum Gasteiger partial charge on any atom is 0.282 e. The van der Waals surface area contributed by atoms with Gasteiger partial charge in [0.2, 0.25) is 0 Å². The first-order valence-electron chi connectivity index (χ1n) is 12.8. The molecule has 2 fully saturated rings. The van der Waals surface area contributed by atoms with Gasteiger partial charge in [-0.25, -0.2) is 4.98 Å². The van der Waals surface area contributed by atoms with Crippen LogP contribution in [0.2, 0.25) is 0 Å². The van der Waals surface area contributed by atoms with Crippen LogP contribution in [0.1, 0.15) is 56.7 Å². The molecule has 3 aromatic rings. The first-order chi connectivity index (χ1) is 16.6. The lowest BCUT2D eigenvalue weighted by atomic mass is 9.96. The number of hydrogen-bond donors (Lipinski definition) is 0. The van der Waals surface area contributed by atoms with Gasteiger partial charge in [0, 0.05) is 44.2 Å². The number of methoxy groups -OCH3 is 1. The third-order valence-electron chi connectivity index (χ3n) is 7.49. The van der Waals surface area contributed by atoms with E-state index in [1.807, 2.05) is 34.5 Å². The van der Waals surface area contributed by atoms with Crippen molar-refractivity contribution < 1.29 is 4.74 Å². The van der Waals surface area contributed by atoms with E-state index < -0.39 is 0 Å². The van der Waals surface area contributed by atoms with Gasteiger partial charge in [0.25, 0.3) is 5.56 Å². The van der Waals surface area contributed by atoms with E-state index in [0.717, 1.165) is 63.2 Å². The number of hydrogen-bond acceptors (Lipinski definition) is 6. The zero-order valence-electron chi connectivity index (χ0n) is 20.4. The monoisotopic (exact) mass is 464 g/mol. The van der Waals surface area contributed by atoms with E-state index >= 15 is 0 Å². The average Bonchev–Trinajstić information content (AvgIpc) is 3.30. The first kappa shape index (κ1) is 23.2. The van der Waals surface area contributed by atoms with E-state index in [9.17, 15) is 4.79 Å². The topological polar surface area (TPSA) is 78.1 Å². The molecule has 1 aliphatic heterocycles. The summed E-state index contributed by atoms with van der Waals surface area (Å²) in [5.74, 6) is 1.10. The molecule has 182 valence electrons. The van der Waals surface area contributed by atoms with Crippen LogP contribution >= 0.6 is 0 Å². The molecule has 0 unspecified atom stereocenters. The van der Waals surface area contributed by atoms with Crippen molar-refractivity contribution in [3.8, 4) is 11.4 Å². The Morgan fingerprint density at radius 3 is 2.79 bits per heavy atom. The van der Waals surface area contributed by atoms with E-state index in [1.54, 1.807) is 13.3 Å². The van der Waals surface area contributed by atoms with Crippen molar-refractivity contribution in [2.24, 2.45) is 5.92 Å². The molecule has 5 rings (SSSR count). The Bertz CT molecular complexity index is 1180. The number of nitrogens with zero attached hydrogens (tertiary/aromatic N) is 6. The standard InChI is InChI=1S/C26H36N6O2/c1-19-22(11-6-12-27-19)25-28-23-18-32(21-9-4-3-5-10-21)29-24(23)26(33)31(25)17-20-8-7-13-30(16-20)14-15-34-2/h6,11-12,18,20-21H,3-5,7-10,13-17H2,1-2H3/t20-/m0/s1. The molecule has 0 aromatic carbocycles. The second-order valence-corrected chi connectivity index (χ2v) is 9.92. The van der Waals surface area contributed by atoms with Gasteiger partial charge in [-0.05, 0) is 57.2 Å². The second-order valence-electron chi connectivity index (χ2n) is 9.92. The number of pyridine rings is 1. The van der Waals surface area contributed by atoms with E-state index in [4.69, 9.17) is 14.8 Å². The van der Waals surface area contributed by atoms with E-state index in [-0.39, 0.29) is 5.56 Å². The Hall–Kier alpha value is -2.58. The SMILES string of the molecule is COCCN1CCC[C@H](Cn2c(-c3cccnc3C)nc3cn(C4CCCCC4)nc3c2=O)C1. The molecule has 34 heavy (non-hydrogen) atoms. The molecular formula is C26H36N6O2. The number of fused-ring (bicyclic) bond motifs is 1. The Balaban J connectivity index is 1.54. The van der Waals surface area contributed by atoms with Crippen molar-refractivity contribution in [1.29, 1.82) is 0 Å². The lowest BCUT2D eigenvalue weighted by Gasteiger charge is -2.33. The minimum Gasteiger partial charge on any atom is -0.383 e. The van der Waals surface area contributed by atoms with Crippen LogP contribution in [0.3, 0.4) is 0 Å². The zero-order valence-corrected chi connectivity index (χ0v) is 20.4. The molecule has 1 aliphatic carbocycles. The van der Waals surface area contributed by atoms with Gasteiger partial charge in [-0.2, -0.15) is 5.10 Å². The van der Waals surface area contributed by atoms with Gasteiger partial charge >= 0.3 is 0 Å². The van der Waals surface area contributed by atoms with Crippen molar-refractivity contribution in [3.05, 3.63) is 40.6 Å². The van der Waals surface area contributed by atoms with E-state index in [1.165, 1.54) is 19.3 Å². The molecular weight excluding hydrogens is 428 g/mol. The molecule has 4 heterocycles. The minimum absolute atomic E-state index is 0.0353. The number of ether oxygens (including phenoxy) is 1. The number of likely N-dealkylation sites (tertiary alicyclic amines) is 1. The van der Waals surface area contributed by atoms with Gasteiger partial charge in [-0.15, -0.1) is 0 Å². The molecule has 1 atom stereocenters. The number of aryl methyl sites for hydroxylation is 1. The van der Waals surface area contributed by atoms with Crippen molar-refractivity contribution in [2.45, 2.75) is 64.5 Å². The molecule has 0 amide bonds. The Kier molecular flexibility index (Phi) is 7.06. The summed E-state index contributed by atoms with van der Waals surface area (Å²) in [5, 5.41) is 4.78. The summed E-state index contributed by atoms with van der Waals surface area (Å²) in [6.07, 6.45) is 12.0. The van der Waals surface area contributed by atoms with Crippen LogP contribution in [0.25, 0.3) is 22.4 Å². The van der Waals surface area contributed by atoms with Crippen LogP contribution < -0.4 is 5.56 Å². The van der Waals surface area contributed by atoms with Crippen molar-refractivity contribution >= 4 is 11.0 Å². The first-order valence-corrected chi connectivity index (χ1v) is 12.8. The van der Waals surface area contributed by atoms with Gasteiger partial charge in [-0.1, -0.05) is 19.3 Å². The molecule has 8 heteroatoms. The Morgan fingerprint density at radius 2 is 2.00 bits per heavy atom. The quantitative estimate of drug-likeness (QED) is 0.529. The Morgan fingerprint density at radius 1 is 1.15 bits per heavy atom. The van der Waals surface area contributed by atoms with Crippen molar-refractivity contribution in [1.82, 2.24) is 29.2 Å². The second kappa shape index (κ2) is 10.4. The third kappa shape index (κ3) is 4.79. The van der Waals surface area contributed by atoms with Crippen LogP contribution in [0.5, 0.6) is 0 Å². The zero-order chi connectivity index (χ0) is 23.5. The lowest BCUT2D eigenvalue weighted by Crippen LogP contribution is -2.40. The lowest BCUT2D eigenvalue weighted by molar-refractivity contribution is 0.109. The highest BCUT2D eigenvalue weighted by Gasteiger charge is 2.25. The van der Waals surface area contributed by atoms with Crippen LogP contribution in [0.4, 0.5) is 0 Å². The largest absolute Gasteiger partial charge is 0.383 e. The van der Waals surface area contributed by atoms with Gasteiger partial charge in [0.15, 0.2) is 5.52 Å². The highest BCUT2D eigenvalue weighted by atomic mass is 16.5. The molecule has 0 bridgehead atoms. The maximum atomic E-state index is 13.9. The van der Waals surface area contributed by atoms with Crippen LogP contribution in [-0.4, -0.2) is 62.6 Å². The fourth-order valence-electron chi connectivity index (χ4n) is 5.62. The van der Waals surface area contributed by atoms with E-state index in [0.29, 0.717) is 35.4 Å². The Labute approximate surface area is 201 Å². The number of rotatable bonds is 7. The number of aromatic nitrogens is 5. The molecule has 0 spiro atoms. The summed E-state index contributed by atoms with van der Waals surface area (Å²) >= 11 is 0. The van der Waals surface area contributed by atoms with Gasteiger partial charge in [-0.3, -0.25) is 19.0 Å². The van der Waals surface area contributed by atoms with Crippen LogP contribution in [0, 0.1) is 12.8 Å². The molecule has 1 saturated heterocycles. The van der Waals surface area contributed by atoms with Crippen molar-refractivity contribution in [3.63, 3.8) is 0 Å². The van der Waals surface area contributed by atoms with Crippen LogP contribution in [0.15, 0.2) is 29.3 Å². The number of piperidine rings is 1. The third-order valence-corrected chi connectivity index (χ3v) is 7.49. The summed E-state index contributed by atoms with van der Waals surface area (Å²) in [5.41, 5.74) is 2.94. The molecule has 1 saturated carbocycles. The van der Waals surface area contributed by atoms with E-state index in [2.05, 4.69) is 9.88 Å². The highest BCUT2D eigenvalue weighted by molar-refractivity contribution is 5.75. The predicted molar refractivity (Wildman–Crippen MR) is 133 cm³/mol. The molecule has 8 nitrogen and oxygen atoms in total. The minimum atomic E-state index is -0.0353.